The molecule has 1 unspecified atom stereocenters. The summed E-state index contributed by atoms with van der Waals surface area (Å²) in [4.78, 5) is 39.6. The van der Waals surface area contributed by atoms with Gasteiger partial charge in [-0.1, -0.05) is 6.07 Å². The molecule has 1 aliphatic heterocycles. The van der Waals surface area contributed by atoms with Crippen molar-refractivity contribution in [2.75, 3.05) is 26.2 Å². The van der Waals surface area contributed by atoms with E-state index < -0.39 is 29.5 Å². The average molecular weight is 463 g/mol. The van der Waals surface area contributed by atoms with Crippen LogP contribution in [0, 0.1) is 0 Å². The Kier molecular flexibility index (Phi) is 6.09. The Morgan fingerprint density at radius 1 is 1.00 bits per heavy atom. The van der Waals surface area contributed by atoms with Gasteiger partial charge in [-0.05, 0) is 48.5 Å². The zero-order chi connectivity index (χ0) is 24.4. The minimum absolute atomic E-state index is 0.166. The van der Waals surface area contributed by atoms with Crippen molar-refractivity contribution < 1.29 is 38.1 Å². The minimum atomic E-state index is -1.10. The summed E-state index contributed by atoms with van der Waals surface area (Å²) >= 11 is 0. The number of nitrogens with zero attached hydrogens (tertiary/aromatic N) is 1. The number of amides is 1. The van der Waals surface area contributed by atoms with Gasteiger partial charge in [0.15, 0.2) is 0 Å². The lowest BCUT2D eigenvalue weighted by Gasteiger charge is -2.24. The molecule has 2 heterocycles. The molecule has 4 rings (SSSR count). The van der Waals surface area contributed by atoms with E-state index in [-0.39, 0.29) is 33.9 Å². The Bertz CT molecular complexity index is 1290. The fourth-order valence-electron chi connectivity index (χ4n) is 3.86. The Hall–Kier alpha value is -4.53. The number of carbonyl (C=O) groups excluding carboxylic acids is 3. The number of hydrogen-bond donors (Lipinski definition) is 1. The first-order valence-corrected chi connectivity index (χ1v) is 10.2. The second kappa shape index (κ2) is 9.14. The SMILES string of the molecule is COC(=O)c1cccc(N2C(=O)C(=O)/C(=C(\O)c3cc(OC)ccc3OC)C2c2ccco2)c1. The molecule has 34 heavy (non-hydrogen) atoms. The smallest absolute Gasteiger partial charge is 0.337 e. The number of ether oxygens (including phenoxy) is 3. The van der Waals surface area contributed by atoms with Crippen molar-refractivity contribution in [3.8, 4) is 11.5 Å². The average Bonchev–Trinajstić information content (AvgIpc) is 3.49. The molecule has 1 aliphatic rings. The van der Waals surface area contributed by atoms with E-state index in [9.17, 15) is 19.5 Å². The maximum Gasteiger partial charge on any atom is 0.337 e. The van der Waals surface area contributed by atoms with Crippen molar-refractivity contribution in [2.24, 2.45) is 0 Å². The minimum Gasteiger partial charge on any atom is -0.507 e. The molecular weight excluding hydrogens is 442 g/mol. The Balaban J connectivity index is 1.94. The normalized spacial score (nSPS) is 17.0. The fourth-order valence-corrected chi connectivity index (χ4v) is 3.86. The van der Waals surface area contributed by atoms with Crippen LogP contribution in [-0.2, 0) is 14.3 Å². The third-order valence-electron chi connectivity index (χ3n) is 5.46. The van der Waals surface area contributed by atoms with Crippen LogP contribution in [0.25, 0.3) is 5.76 Å². The molecule has 1 N–H and O–H groups in total. The number of ketones is 1. The third-order valence-corrected chi connectivity index (χ3v) is 5.46. The van der Waals surface area contributed by atoms with Crippen LogP contribution in [0.4, 0.5) is 5.69 Å². The van der Waals surface area contributed by atoms with E-state index in [4.69, 9.17) is 18.6 Å². The molecule has 1 aromatic heterocycles. The Morgan fingerprint density at radius 2 is 1.79 bits per heavy atom. The molecule has 0 saturated carbocycles. The van der Waals surface area contributed by atoms with Crippen LogP contribution >= 0.6 is 0 Å². The van der Waals surface area contributed by atoms with Crippen LogP contribution in [0.2, 0.25) is 0 Å². The van der Waals surface area contributed by atoms with Crippen molar-refractivity contribution >= 4 is 29.1 Å². The van der Waals surface area contributed by atoms with Gasteiger partial charge in [-0.25, -0.2) is 4.79 Å². The van der Waals surface area contributed by atoms with Crippen LogP contribution in [0.3, 0.4) is 0 Å². The van der Waals surface area contributed by atoms with E-state index >= 15 is 0 Å². The molecule has 1 fully saturated rings. The first kappa shape index (κ1) is 22.7. The molecule has 174 valence electrons. The largest absolute Gasteiger partial charge is 0.507 e. The second-order valence-corrected chi connectivity index (χ2v) is 7.29. The molecule has 9 nitrogen and oxygen atoms in total. The van der Waals surface area contributed by atoms with Gasteiger partial charge >= 0.3 is 5.97 Å². The van der Waals surface area contributed by atoms with Gasteiger partial charge < -0.3 is 23.7 Å². The van der Waals surface area contributed by atoms with Gasteiger partial charge in [0.05, 0.1) is 44.3 Å². The predicted octanol–water partition coefficient (Wildman–Crippen LogP) is 3.71. The number of anilines is 1. The highest BCUT2D eigenvalue weighted by Crippen LogP contribution is 2.44. The molecule has 1 saturated heterocycles. The molecule has 0 spiro atoms. The van der Waals surface area contributed by atoms with Crippen LogP contribution in [0.5, 0.6) is 11.5 Å². The monoisotopic (exact) mass is 463 g/mol. The van der Waals surface area contributed by atoms with E-state index in [2.05, 4.69) is 0 Å². The Morgan fingerprint density at radius 3 is 2.44 bits per heavy atom. The third kappa shape index (κ3) is 3.77. The molecule has 0 radical (unpaired) electrons. The first-order valence-electron chi connectivity index (χ1n) is 10.2. The number of rotatable bonds is 6. The molecular formula is C25H21NO8. The molecule has 1 atom stereocenters. The fraction of sp³-hybridized carbons (Fsp3) is 0.160. The summed E-state index contributed by atoms with van der Waals surface area (Å²) in [5, 5.41) is 11.3. The lowest BCUT2D eigenvalue weighted by atomic mass is 9.98. The highest BCUT2D eigenvalue weighted by molar-refractivity contribution is 6.51. The standard InChI is InChI=1S/C25H21NO8/c1-31-16-9-10-18(32-2)17(13-16)22(27)20-21(19-8-5-11-34-19)26(24(29)23(20)28)15-7-4-6-14(12-15)25(30)33-3/h4-13,21,27H,1-3H3/b22-20-. The maximum absolute atomic E-state index is 13.2. The van der Waals surface area contributed by atoms with Gasteiger partial charge in [0.1, 0.15) is 29.1 Å². The number of furan rings is 1. The quantitative estimate of drug-likeness (QED) is 0.255. The summed E-state index contributed by atoms with van der Waals surface area (Å²) in [6.07, 6.45) is 1.40. The number of aliphatic hydroxyl groups excluding tert-OH is 1. The number of Topliss-reactive ketones (excluding diaryl/α,β-unsaturated/α-hetero) is 1. The van der Waals surface area contributed by atoms with Crippen LogP contribution in [0.15, 0.2) is 70.9 Å². The predicted molar refractivity (Wildman–Crippen MR) is 121 cm³/mol. The van der Waals surface area contributed by atoms with Crippen LogP contribution in [0.1, 0.15) is 27.7 Å². The molecule has 0 bridgehead atoms. The number of benzene rings is 2. The second-order valence-electron chi connectivity index (χ2n) is 7.29. The van der Waals surface area contributed by atoms with Gasteiger partial charge in [0.25, 0.3) is 11.7 Å². The van der Waals surface area contributed by atoms with Gasteiger partial charge in [-0.3, -0.25) is 14.5 Å². The first-order chi connectivity index (χ1) is 16.4. The van der Waals surface area contributed by atoms with Crippen LogP contribution < -0.4 is 14.4 Å². The Labute approximate surface area is 194 Å². The summed E-state index contributed by atoms with van der Waals surface area (Å²) in [7, 11) is 4.12. The summed E-state index contributed by atoms with van der Waals surface area (Å²) in [5.74, 6) is -1.95. The van der Waals surface area contributed by atoms with E-state index in [1.807, 2.05) is 0 Å². The number of esters is 1. The summed E-state index contributed by atoms with van der Waals surface area (Å²) in [6, 6.07) is 12.9. The van der Waals surface area contributed by atoms with Crippen molar-refractivity contribution in [1.82, 2.24) is 0 Å². The zero-order valence-corrected chi connectivity index (χ0v) is 18.6. The van der Waals surface area contributed by atoms with Crippen molar-refractivity contribution in [3.63, 3.8) is 0 Å². The van der Waals surface area contributed by atoms with Crippen molar-refractivity contribution in [1.29, 1.82) is 0 Å². The number of aliphatic hydroxyl groups is 1. The molecule has 9 heteroatoms. The van der Waals surface area contributed by atoms with E-state index in [1.54, 1.807) is 36.4 Å². The lowest BCUT2D eigenvalue weighted by molar-refractivity contribution is -0.132. The van der Waals surface area contributed by atoms with E-state index in [0.717, 1.165) is 0 Å². The van der Waals surface area contributed by atoms with Gasteiger partial charge in [-0.2, -0.15) is 0 Å². The number of methoxy groups -OCH3 is 3. The van der Waals surface area contributed by atoms with Gasteiger partial charge in [-0.15, -0.1) is 0 Å². The van der Waals surface area contributed by atoms with E-state index in [0.29, 0.717) is 5.75 Å². The van der Waals surface area contributed by atoms with E-state index in [1.165, 1.54) is 50.7 Å². The van der Waals surface area contributed by atoms with Crippen molar-refractivity contribution in [2.45, 2.75) is 6.04 Å². The van der Waals surface area contributed by atoms with Crippen LogP contribution in [-0.4, -0.2) is 44.1 Å². The van der Waals surface area contributed by atoms with Crippen molar-refractivity contribution in [3.05, 3.63) is 83.3 Å². The number of hydrogen-bond acceptors (Lipinski definition) is 8. The van der Waals surface area contributed by atoms with Gasteiger partial charge in [0.2, 0.25) is 0 Å². The highest BCUT2D eigenvalue weighted by Gasteiger charge is 2.48. The number of carbonyl (C=O) groups is 3. The molecule has 0 aliphatic carbocycles. The molecule has 1 amide bonds. The van der Waals surface area contributed by atoms with Gasteiger partial charge in [0, 0.05) is 5.69 Å². The summed E-state index contributed by atoms with van der Waals surface area (Å²) in [6.45, 7) is 0. The maximum atomic E-state index is 13.2. The summed E-state index contributed by atoms with van der Waals surface area (Å²) in [5.41, 5.74) is 0.410. The topological polar surface area (TPSA) is 116 Å². The molecule has 2 aromatic carbocycles. The summed E-state index contributed by atoms with van der Waals surface area (Å²) < 4.78 is 20.9. The highest BCUT2D eigenvalue weighted by atomic mass is 16.5. The lowest BCUT2D eigenvalue weighted by Crippen LogP contribution is -2.29. The molecule has 3 aromatic rings. The zero-order valence-electron chi connectivity index (χ0n) is 18.6.